The summed E-state index contributed by atoms with van der Waals surface area (Å²) < 4.78 is 5.91. The fourth-order valence-corrected chi connectivity index (χ4v) is 4.42. The van der Waals surface area contributed by atoms with E-state index in [9.17, 15) is 4.79 Å². The van der Waals surface area contributed by atoms with E-state index in [2.05, 4.69) is 34.5 Å². The number of nitrogens with zero attached hydrogens (tertiary/aromatic N) is 1. The van der Waals surface area contributed by atoms with Gasteiger partial charge in [-0.05, 0) is 24.0 Å². The van der Waals surface area contributed by atoms with E-state index in [1.807, 2.05) is 36.4 Å². The molecule has 0 radical (unpaired) electrons. The number of carbonyl (C=O) groups is 1. The van der Waals surface area contributed by atoms with Gasteiger partial charge in [-0.2, -0.15) is 0 Å². The highest BCUT2D eigenvalue weighted by Crippen LogP contribution is 2.28. The third-order valence-electron chi connectivity index (χ3n) is 5.78. The van der Waals surface area contributed by atoms with Crippen molar-refractivity contribution in [3.63, 3.8) is 0 Å². The molecule has 2 unspecified atom stereocenters. The van der Waals surface area contributed by atoms with Crippen molar-refractivity contribution in [3.05, 3.63) is 71.8 Å². The van der Waals surface area contributed by atoms with Gasteiger partial charge in [-0.25, -0.2) is 0 Å². The Morgan fingerprint density at radius 1 is 1.00 bits per heavy atom. The lowest BCUT2D eigenvalue weighted by molar-refractivity contribution is -0.148. The molecule has 4 heteroatoms. The van der Waals surface area contributed by atoms with Gasteiger partial charge in [0.25, 0.3) is 0 Å². The standard InChI is InChI=1S/C23H28N2O2/c26-22(25-15-16-27-21-14-8-7-13-20(21)25)17-24-23(18-9-3-1-4-10-18)19-11-5-2-6-12-19/h1-6,9-12,20-21,23-24H,7-8,13-17H2. The zero-order valence-corrected chi connectivity index (χ0v) is 15.7. The number of hydrogen-bond donors (Lipinski definition) is 1. The van der Waals surface area contributed by atoms with Crippen LogP contribution in [-0.2, 0) is 9.53 Å². The molecule has 4 nitrogen and oxygen atoms in total. The highest BCUT2D eigenvalue weighted by atomic mass is 16.5. The van der Waals surface area contributed by atoms with E-state index in [0.29, 0.717) is 19.7 Å². The molecule has 2 aromatic rings. The normalized spacial score (nSPS) is 22.5. The minimum absolute atomic E-state index is 0.0135. The Morgan fingerprint density at radius 2 is 1.63 bits per heavy atom. The summed E-state index contributed by atoms with van der Waals surface area (Å²) in [6, 6.07) is 20.9. The van der Waals surface area contributed by atoms with Crippen molar-refractivity contribution in [1.29, 1.82) is 0 Å². The van der Waals surface area contributed by atoms with Gasteiger partial charge in [-0.3, -0.25) is 10.1 Å². The topological polar surface area (TPSA) is 41.6 Å². The van der Waals surface area contributed by atoms with Crippen molar-refractivity contribution >= 4 is 5.91 Å². The Labute approximate surface area is 161 Å². The summed E-state index contributed by atoms with van der Waals surface area (Å²) in [7, 11) is 0. The summed E-state index contributed by atoms with van der Waals surface area (Å²) in [5, 5.41) is 3.51. The predicted molar refractivity (Wildman–Crippen MR) is 106 cm³/mol. The maximum atomic E-state index is 13.0. The van der Waals surface area contributed by atoms with E-state index in [1.54, 1.807) is 0 Å². The zero-order chi connectivity index (χ0) is 18.5. The molecule has 1 heterocycles. The molecular weight excluding hydrogens is 336 g/mol. The van der Waals surface area contributed by atoms with Gasteiger partial charge in [0, 0.05) is 6.54 Å². The summed E-state index contributed by atoms with van der Waals surface area (Å²) >= 11 is 0. The Kier molecular flexibility index (Phi) is 5.85. The molecule has 1 aliphatic carbocycles. The van der Waals surface area contributed by atoms with E-state index in [0.717, 1.165) is 12.8 Å². The molecule has 0 aromatic heterocycles. The van der Waals surface area contributed by atoms with E-state index >= 15 is 0 Å². The second-order valence-electron chi connectivity index (χ2n) is 7.48. The average molecular weight is 364 g/mol. The molecule has 2 aliphatic rings. The maximum absolute atomic E-state index is 13.0. The van der Waals surface area contributed by atoms with Crippen molar-refractivity contribution in [2.24, 2.45) is 0 Å². The van der Waals surface area contributed by atoms with Gasteiger partial charge in [0.2, 0.25) is 5.91 Å². The summed E-state index contributed by atoms with van der Waals surface area (Å²) in [5.41, 5.74) is 2.35. The monoisotopic (exact) mass is 364 g/mol. The van der Waals surface area contributed by atoms with E-state index in [1.165, 1.54) is 24.0 Å². The van der Waals surface area contributed by atoms with Gasteiger partial charge in [-0.15, -0.1) is 0 Å². The second-order valence-corrected chi connectivity index (χ2v) is 7.48. The van der Waals surface area contributed by atoms with Crippen LogP contribution in [0, 0.1) is 0 Å². The number of morpholine rings is 1. The highest BCUT2D eigenvalue weighted by molar-refractivity contribution is 5.79. The number of hydrogen-bond acceptors (Lipinski definition) is 3. The van der Waals surface area contributed by atoms with Crippen LogP contribution in [0.5, 0.6) is 0 Å². The van der Waals surface area contributed by atoms with Crippen molar-refractivity contribution < 1.29 is 9.53 Å². The van der Waals surface area contributed by atoms with Crippen molar-refractivity contribution in [2.75, 3.05) is 19.7 Å². The second kappa shape index (κ2) is 8.68. The van der Waals surface area contributed by atoms with Crippen LogP contribution in [0.25, 0.3) is 0 Å². The fourth-order valence-electron chi connectivity index (χ4n) is 4.42. The molecule has 2 aromatic carbocycles. The van der Waals surface area contributed by atoms with Crippen LogP contribution in [0.1, 0.15) is 42.9 Å². The molecule has 0 bridgehead atoms. The van der Waals surface area contributed by atoms with Crippen LogP contribution in [0.15, 0.2) is 60.7 Å². The molecule has 27 heavy (non-hydrogen) atoms. The average Bonchev–Trinajstić information content (AvgIpc) is 2.75. The molecule has 1 aliphatic heterocycles. The Hall–Kier alpha value is -2.17. The number of fused-ring (bicyclic) bond motifs is 1. The van der Waals surface area contributed by atoms with Crippen LogP contribution in [0.2, 0.25) is 0 Å². The molecule has 142 valence electrons. The van der Waals surface area contributed by atoms with Gasteiger partial charge in [0.1, 0.15) is 0 Å². The van der Waals surface area contributed by atoms with Gasteiger partial charge >= 0.3 is 0 Å². The molecule has 4 rings (SSSR count). The van der Waals surface area contributed by atoms with E-state index in [-0.39, 0.29) is 24.1 Å². The summed E-state index contributed by atoms with van der Waals surface area (Å²) in [4.78, 5) is 15.1. The van der Waals surface area contributed by atoms with Crippen LogP contribution < -0.4 is 5.32 Å². The number of rotatable bonds is 5. The lowest BCUT2D eigenvalue weighted by Crippen LogP contribution is -2.56. The first kappa shape index (κ1) is 18.2. The summed E-state index contributed by atoms with van der Waals surface area (Å²) in [6.45, 7) is 1.72. The molecule has 1 saturated heterocycles. The number of nitrogens with one attached hydrogen (secondary N) is 1. The molecule has 1 saturated carbocycles. The first-order valence-electron chi connectivity index (χ1n) is 10.1. The quantitative estimate of drug-likeness (QED) is 0.882. The Morgan fingerprint density at radius 3 is 2.30 bits per heavy atom. The first-order valence-corrected chi connectivity index (χ1v) is 10.1. The third-order valence-corrected chi connectivity index (χ3v) is 5.78. The van der Waals surface area contributed by atoms with Crippen LogP contribution in [0.4, 0.5) is 0 Å². The van der Waals surface area contributed by atoms with Crippen LogP contribution in [0.3, 0.4) is 0 Å². The SMILES string of the molecule is O=C(CNC(c1ccccc1)c1ccccc1)N1CCOC2CCCCC21. The van der Waals surface area contributed by atoms with Crippen molar-refractivity contribution in [2.45, 2.75) is 43.9 Å². The minimum Gasteiger partial charge on any atom is -0.374 e. The van der Waals surface area contributed by atoms with Gasteiger partial charge in [-0.1, -0.05) is 73.5 Å². The molecule has 1 N–H and O–H groups in total. The van der Waals surface area contributed by atoms with Crippen molar-refractivity contribution in [3.8, 4) is 0 Å². The lowest BCUT2D eigenvalue weighted by atomic mass is 9.90. The largest absolute Gasteiger partial charge is 0.374 e. The molecule has 0 spiro atoms. The number of amides is 1. The summed E-state index contributed by atoms with van der Waals surface area (Å²) in [5.74, 6) is 0.187. The smallest absolute Gasteiger partial charge is 0.236 e. The Bertz CT molecular complexity index is 693. The van der Waals surface area contributed by atoms with E-state index in [4.69, 9.17) is 4.74 Å². The number of carbonyl (C=O) groups excluding carboxylic acids is 1. The highest BCUT2D eigenvalue weighted by Gasteiger charge is 2.36. The Balaban J connectivity index is 1.46. The molecule has 2 fully saturated rings. The number of benzene rings is 2. The van der Waals surface area contributed by atoms with Gasteiger partial charge in [0.15, 0.2) is 0 Å². The van der Waals surface area contributed by atoms with Crippen molar-refractivity contribution in [1.82, 2.24) is 10.2 Å². The lowest BCUT2D eigenvalue weighted by Gasteiger charge is -2.44. The third kappa shape index (κ3) is 4.23. The van der Waals surface area contributed by atoms with Gasteiger partial charge < -0.3 is 9.64 Å². The van der Waals surface area contributed by atoms with Crippen LogP contribution in [-0.4, -0.2) is 42.6 Å². The zero-order valence-electron chi connectivity index (χ0n) is 15.7. The maximum Gasteiger partial charge on any atom is 0.236 e. The minimum atomic E-state index is 0.0135. The fraction of sp³-hybridized carbons (Fsp3) is 0.435. The van der Waals surface area contributed by atoms with Crippen LogP contribution >= 0.6 is 0 Å². The molecular formula is C23H28N2O2. The molecule has 1 amide bonds. The van der Waals surface area contributed by atoms with Gasteiger partial charge in [0.05, 0.1) is 31.3 Å². The summed E-state index contributed by atoms with van der Waals surface area (Å²) in [6.07, 6.45) is 4.79. The first-order chi connectivity index (χ1) is 13.3. The predicted octanol–water partition coefficient (Wildman–Crippen LogP) is 3.54. The molecule has 2 atom stereocenters. The number of ether oxygens (including phenoxy) is 1. The van der Waals surface area contributed by atoms with E-state index < -0.39 is 0 Å².